The van der Waals surface area contributed by atoms with Crippen LogP contribution in [0.4, 0.5) is 5.69 Å². The number of fused-ring (bicyclic) bond motifs is 3. The number of carbonyl (C=O) groups excluding carboxylic acids is 2. The van der Waals surface area contributed by atoms with Crippen LogP contribution in [0.3, 0.4) is 0 Å². The lowest BCUT2D eigenvalue weighted by atomic mass is 9.92. The number of imide groups is 1. The summed E-state index contributed by atoms with van der Waals surface area (Å²) in [5.74, 6) is -3.52. The van der Waals surface area contributed by atoms with Crippen molar-refractivity contribution >= 4 is 40.2 Å². The highest BCUT2D eigenvalue weighted by atomic mass is 16.5. The van der Waals surface area contributed by atoms with Gasteiger partial charge in [-0.2, -0.15) is 0 Å². The number of ether oxygens (including phenoxy) is 1. The molecular formula is C21H13NO7. The summed E-state index contributed by atoms with van der Waals surface area (Å²) in [6.07, 6.45) is 0. The lowest BCUT2D eigenvalue weighted by Gasteiger charge is -2.14. The highest BCUT2D eigenvalue weighted by Crippen LogP contribution is 2.37. The molecule has 29 heavy (non-hydrogen) atoms. The third-order valence-electron chi connectivity index (χ3n) is 4.80. The summed E-state index contributed by atoms with van der Waals surface area (Å²) in [4.78, 5) is 50.4. The van der Waals surface area contributed by atoms with Crippen LogP contribution in [0.1, 0.15) is 41.4 Å². The molecule has 4 rings (SSSR count). The van der Waals surface area contributed by atoms with Crippen LogP contribution in [0.15, 0.2) is 48.5 Å². The van der Waals surface area contributed by atoms with Gasteiger partial charge in [-0.1, -0.05) is 12.1 Å². The Hall–Kier alpha value is -4.20. The minimum absolute atomic E-state index is 0.0195. The number of hydrogen-bond acceptors (Lipinski definition) is 5. The van der Waals surface area contributed by atoms with Crippen molar-refractivity contribution in [2.24, 2.45) is 0 Å². The van der Waals surface area contributed by atoms with Gasteiger partial charge in [-0.05, 0) is 41.8 Å². The van der Waals surface area contributed by atoms with Crippen molar-refractivity contribution in [2.75, 3.05) is 12.0 Å². The fourth-order valence-corrected chi connectivity index (χ4v) is 3.52. The minimum Gasteiger partial charge on any atom is -0.497 e. The molecule has 0 saturated heterocycles. The molecule has 8 heteroatoms. The summed E-state index contributed by atoms with van der Waals surface area (Å²) < 4.78 is 5.07. The predicted octanol–water partition coefficient (Wildman–Crippen LogP) is 3.05. The van der Waals surface area contributed by atoms with Crippen LogP contribution >= 0.6 is 0 Å². The number of benzene rings is 3. The molecule has 0 unspecified atom stereocenters. The van der Waals surface area contributed by atoms with Gasteiger partial charge in [0.1, 0.15) is 5.75 Å². The molecule has 0 spiro atoms. The van der Waals surface area contributed by atoms with Crippen LogP contribution < -0.4 is 9.64 Å². The molecule has 3 aromatic carbocycles. The van der Waals surface area contributed by atoms with Gasteiger partial charge in [-0.25, -0.2) is 14.5 Å². The van der Waals surface area contributed by atoms with E-state index >= 15 is 0 Å². The zero-order valence-corrected chi connectivity index (χ0v) is 15.0. The van der Waals surface area contributed by atoms with E-state index in [1.165, 1.54) is 37.4 Å². The van der Waals surface area contributed by atoms with E-state index in [-0.39, 0.29) is 38.7 Å². The standard InChI is InChI=1S/C21H13NO7/c1-29-11-7-5-10(6-8-11)22-18(23)14-9-15(21(27)28)16-12(17(14)19(22)24)3-2-4-13(16)20(25)26/h2-9H,1H3,(H,25,26)(H,27,28). The highest BCUT2D eigenvalue weighted by molar-refractivity contribution is 6.39. The number of carboxylic acids is 2. The van der Waals surface area contributed by atoms with Crippen LogP contribution in [0.2, 0.25) is 0 Å². The topological polar surface area (TPSA) is 121 Å². The second-order valence-electron chi connectivity index (χ2n) is 6.33. The maximum absolute atomic E-state index is 13.1. The van der Waals surface area contributed by atoms with Crippen LogP contribution in [0.5, 0.6) is 5.75 Å². The van der Waals surface area contributed by atoms with E-state index < -0.39 is 23.8 Å². The second-order valence-corrected chi connectivity index (χ2v) is 6.33. The van der Waals surface area contributed by atoms with Gasteiger partial charge in [0.25, 0.3) is 11.8 Å². The molecule has 2 N–H and O–H groups in total. The molecule has 0 aromatic heterocycles. The van der Waals surface area contributed by atoms with E-state index in [2.05, 4.69) is 0 Å². The fourth-order valence-electron chi connectivity index (χ4n) is 3.52. The molecule has 0 aliphatic carbocycles. The molecule has 0 bridgehead atoms. The normalized spacial score (nSPS) is 12.9. The number of methoxy groups -OCH3 is 1. The maximum Gasteiger partial charge on any atom is 0.336 e. The number of hydrogen-bond donors (Lipinski definition) is 2. The Bertz CT molecular complexity index is 1230. The molecule has 2 amide bonds. The summed E-state index contributed by atoms with van der Waals surface area (Å²) in [6, 6.07) is 11.4. The van der Waals surface area contributed by atoms with E-state index in [0.29, 0.717) is 5.75 Å². The van der Waals surface area contributed by atoms with E-state index in [1.807, 2.05) is 0 Å². The quantitative estimate of drug-likeness (QED) is 0.656. The first-order chi connectivity index (χ1) is 13.8. The van der Waals surface area contributed by atoms with Gasteiger partial charge in [0.05, 0.1) is 35.1 Å². The van der Waals surface area contributed by atoms with E-state index in [1.54, 1.807) is 12.1 Å². The summed E-state index contributed by atoms with van der Waals surface area (Å²) in [5.41, 5.74) is -0.427. The number of amides is 2. The highest BCUT2D eigenvalue weighted by Gasteiger charge is 2.40. The van der Waals surface area contributed by atoms with Gasteiger partial charge in [0.2, 0.25) is 0 Å². The molecule has 144 valence electrons. The lowest BCUT2D eigenvalue weighted by Crippen LogP contribution is -2.29. The van der Waals surface area contributed by atoms with E-state index in [9.17, 15) is 29.4 Å². The van der Waals surface area contributed by atoms with E-state index in [4.69, 9.17) is 4.74 Å². The van der Waals surface area contributed by atoms with Crippen molar-refractivity contribution in [3.05, 3.63) is 70.8 Å². The Morgan fingerprint density at radius 2 is 1.55 bits per heavy atom. The molecule has 1 heterocycles. The first-order valence-corrected chi connectivity index (χ1v) is 8.44. The fraction of sp³-hybridized carbons (Fsp3) is 0.0476. The zero-order chi connectivity index (χ0) is 20.9. The molecular weight excluding hydrogens is 378 g/mol. The summed E-state index contributed by atoms with van der Waals surface area (Å²) in [6.45, 7) is 0. The molecule has 1 aliphatic heterocycles. The third-order valence-corrected chi connectivity index (χ3v) is 4.80. The Balaban J connectivity index is 2.00. The number of anilines is 1. The number of rotatable bonds is 4. The average Bonchev–Trinajstić information content (AvgIpc) is 2.97. The number of carbonyl (C=O) groups is 4. The van der Waals surface area contributed by atoms with Crippen molar-refractivity contribution in [3.63, 3.8) is 0 Å². The second kappa shape index (κ2) is 6.45. The van der Waals surface area contributed by atoms with Gasteiger partial charge in [0, 0.05) is 5.39 Å². The molecule has 0 fully saturated rings. The number of nitrogens with zero attached hydrogens (tertiary/aromatic N) is 1. The van der Waals surface area contributed by atoms with Gasteiger partial charge in [-0.3, -0.25) is 9.59 Å². The molecule has 1 aliphatic rings. The molecule has 8 nitrogen and oxygen atoms in total. The number of aromatic carboxylic acids is 2. The van der Waals surface area contributed by atoms with Crippen molar-refractivity contribution < 1.29 is 34.1 Å². The first-order valence-electron chi connectivity index (χ1n) is 8.44. The Morgan fingerprint density at radius 1 is 0.897 bits per heavy atom. The van der Waals surface area contributed by atoms with Crippen molar-refractivity contribution in [2.45, 2.75) is 0 Å². The summed E-state index contributed by atoms with van der Waals surface area (Å²) in [7, 11) is 1.48. The summed E-state index contributed by atoms with van der Waals surface area (Å²) >= 11 is 0. The summed E-state index contributed by atoms with van der Waals surface area (Å²) in [5, 5.41) is 19.1. The Morgan fingerprint density at radius 3 is 2.14 bits per heavy atom. The van der Waals surface area contributed by atoms with Crippen molar-refractivity contribution in [1.82, 2.24) is 0 Å². The maximum atomic E-state index is 13.1. The Labute approximate surface area is 163 Å². The monoisotopic (exact) mass is 391 g/mol. The molecule has 0 radical (unpaired) electrons. The van der Waals surface area contributed by atoms with Crippen LogP contribution in [0, 0.1) is 0 Å². The predicted molar refractivity (Wildman–Crippen MR) is 102 cm³/mol. The minimum atomic E-state index is -1.39. The van der Waals surface area contributed by atoms with Gasteiger partial charge >= 0.3 is 11.9 Å². The van der Waals surface area contributed by atoms with Gasteiger partial charge in [-0.15, -0.1) is 0 Å². The third kappa shape index (κ3) is 2.61. The van der Waals surface area contributed by atoms with Crippen LogP contribution in [0.25, 0.3) is 10.8 Å². The van der Waals surface area contributed by atoms with Crippen molar-refractivity contribution in [1.29, 1.82) is 0 Å². The molecule has 3 aromatic rings. The average molecular weight is 391 g/mol. The molecule has 0 saturated carbocycles. The zero-order valence-electron chi connectivity index (χ0n) is 15.0. The molecule has 0 atom stereocenters. The smallest absolute Gasteiger partial charge is 0.336 e. The SMILES string of the molecule is COc1ccc(N2C(=O)c3cc(C(=O)O)c4c(C(=O)O)cccc4c3C2=O)cc1. The van der Waals surface area contributed by atoms with Gasteiger partial charge in [0.15, 0.2) is 0 Å². The Kier molecular flexibility index (Phi) is 4.04. The van der Waals surface area contributed by atoms with Crippen LogP contribution in [-0.4, -0.2) is 41.1 Å². The first kappa shape index (κ1) is 18.2. The lowest BCUT2D eigenvalue weighted by molar-refractivity contribution is 0.0695. The van der Waals surface area contributed by atoms with Crippen molar-refractivity contribution in [3.8, 4) is 5.75 Å². The van der Waals surface area contributed by atoms with Crippen LogP contribution in [-0.2, 0) is 0 Å². The van der Waals surface area contributed by atoms with Gasteiger partial charge < -0.3 is 14.9 Å². The number of carboxylic acid groups (broad SMARTS) is 2. The van der Waals surface area contributed by atoms with E-state index in [0.717, 1.165) is 11.0 Å². The largest absolute Gasteiger partial charge is 0.497 e.